The second-order valence-corrected chi connectivity index (χ2v) is 15.5. The smallest absolute Gasteiger partial charge is 0.338 e. The molecule has 2 fully saturated rings. The lowest BCUT2D eigenvalue weighted by atomic mass is 9.98. The molecule has 61 heavy (non-hydrogen) atoms. The Hall–Kier alpha value is -5.88. The van der Waals surface area contributed by atoms with Gasteiger partial charge in [-0.2, -0.15) is 0 Å². The Bertz CT molecular complexity index is 2170. The molecule has 0 saturated carbocycles. The van der Waals surface area contributed by atoms with Crippen LogP contribution >= 0.6 is 0 Å². The van der Waals surface area contributed by atoms with E-state index in [1.165, 1.54) is 0 Å². The summed E-state index contributed by atoms with van der Waals surface area (Å²) in [6.45, 7) is 8.97. The highest BCUT2D eigenvalue weighted by Gasteiger charge is 2.58. The van der Waals surface area contributed by atoms with Crippen molar-refractivity contribution in [2.45, 2.75) is 89.9 Å². The van der Waals surface area contributed by atoms with E-state index in [9.17, 15) is 9.59 Å². The van der Waals surface area contributed by atoms with Crippen molar-refractivity contribution in [2.24, 2.45) is 0 Å². The van der Waals surface area contributed by atoms with E-state index in [0.717, 1.165) is 59.4 Å². The molecule has 2 aliphatic heterocycles. The van der Waals surface area contributed by atoms with E-state index in [1.54, 1.807) is 69.5 Å². The van der Waals surface area contributed by atoms with Crippen molar-refractivity contribution in [1.82, 2.24) is 0 Å². The normalized spacial score (nSPS) is 20.2. The van der Waals surface area contributed by atoms with Crippen molar-refractivity contribution in [3.63, 3.8) is 0 Å². The largest absolute Gasteiger partial charge is 0.497 e. The summed E-state index contributed by atoms with van der Waals surface area (Å²) in [6.07, 6.45) is -0.543. The van der Waals surface area contributed by atoms with Crippen molar-refractivity contribution in [2.75, 3.05) is 26.9 Å². The molecule has 7 rings (SSSR count). The van der Waals surface area contributed by atoms with Crippen molar-refractivity contribution < 1.29 is 52.2 Å². The van der Waals surface area contributed by atoms with Crippen molar-refractivity contribution in [3.05, 3.63) is 132 Å². The summed E-state index contributed by atoms with van der Waals surface area (Å²) in [6, 6.07) is 37.1. The molecule has 11 nitrogen and oxygen atoms in total. The summed E-state index contributed by atoms with van der Waals surface area (Å²) in [7, 11) is 1.57. The van der Waals surface area contributed by atoms with Crippen LogP contribution in [0.3, 0.4) is 0 Å². The molecule has 5 atom stereocenters. The van der Waals surface area contributed by atoms with Gasteiger partial charge in [-0.1, -0.05) is 75.2 Å². The fraction of sp³-hybridized carbons (Fsp3) is 0.360. The van der Waals surface area contributed by atoms with Crippen LogP contribution in [-0.2, 0) is 23.7 Å². The van der Waals surface area contributed by atoms with Gasteiger partial charge in [-0.25, -0.2) is 9.59 Å². The first-order chi connectivity index (χ1) is 29.6. The highest BCUT2D eigenvalue weighted by Crippen LogP contribution is 2.40. The Kier molecular flexibility index (Phi) is 14.3. The van der Waals surface area contributed by atoms with Crippen LogP contribution in [0.2, 0.25) is 0 Å². The zero-order chi connectivity index (χ0) is 42.8. The monoisotopic (exact) mass is 830 g/mol. The van der Waals surface area contributed by atoms with Crippen molar-refractivity contribution in [1.29, 1.82) is 0 Å². The van der Waals surface area contributed by atoms with Gasteiger partial charge in [0.05, 0.1) is 31.5 Å². The van der Waals surface area contributed by atoms with Crippen LogP contribution < -0.4 is 18.9 Å². The molecule has 0 unspecified atom stereocenters. The molecular formula is C50H54O11. The topological polar surface area (TPSA) is 117 Å². The lowest BCUT2D eigenvalue weighted by molar-refractivity contribution is -0.253. The van der Waals surface area contributed by atoms with E-state index < -0.39 is 48.4 Å². The number of ether oxygens (including phenoxy) is 9. The molecule has 11 heteroatoms. The van der Waals surface area contributed by atoms with Crippen LogP contribution in [0, 0.1) is 0 Å². The molecule has 0 bridgehead atoms. The summed E-state index contributed by atoms with van der Waals surface area (Å²) in [5, 5.41) is 0. The number of methoxy groups -OCH3 is 1. The number of esters is 2. The van der Waals surface area contributed by atoms with E-state index in [2.05, 4.69) is 13.8 Å². The van der Waals surface area contributed by atoms with Gasteiger partial charge < -0.3 is 42.6 Å². The molecule has 0 amide bonds. The maximum atomic E-state index is 13.9. The number of carbonyl (C=O) groups excluding carboxylic acids is 2. The third-order valence-electron chi connectivity index (χ3n) is 10.5. The van der Waals surface area contributed by atoms with Gasteiger partial charge in [0.15, 0.2) is 11.9 Å². The van der Waals surface area contributed by atoms with Gasteiger partial charge in [0.2, 0.25) is 6.29 Å². The lowest BCUT2D eigenvalue weighted by Gasteiger charge is -2.41. The third kappa shape index (κ3) is 11.1. The minimum atomic E-state index is -1.17. The molecule has 5 aromatic rings. The number of rotatable bonds is 18. The third-order valence-corrected chi connectivity index (χ3v) is 10.5. The second-order valence-electron chi connectivity index (χ2n) is 15.5. The Morgan fingerprint density at radius 3 is 1.51 bits per heavy atom. The molecule has 320 valence electrons. The Morgan fingerprint density at radius 2 is 1.02 bits per heavy atom. The highest BCUT2D eigenvalue weighted by atomic mass is 16.8. The van der Waals surface area contributed by atoms with Crippen LogP contribution in [0.25, 0.3) is 22.3 Å². The van der Waals surface area contributed by atoms with Gasteiger partial charge in [0.1, 0.15) is 47.9 Å². The van der Waals surface area contributed by atoms with E-state index in [1.807, 2.05) is 72.8 Å². The minimum absolute atomic E-state index is 0.183. The summed E-state index contributed by atoms with van der Waals surface area (Å²) in [5.74, 6) is 0.498. The molecule has 0 aromatic heterocycles. The van der Waals surface area contributed by atoms with Crippen LogP contribution in [0.4, 0.5) is 0 Å². The van der Waals surface area contributed by atoms with E-state index in [-0.39, 0.29) is 6.61 Å². The number of fused-ring (bicyclic) bond motifs is 1. The van der Waals surface area contributed by atoms with E-state index in [4.69, 9.17) is 42.6 Å². The molecule has 0 radical (unpaired) electrons. The second kappa shape index (κ2) is 20.1. The molecular weight excluding hydrogens is 777 g/mol. The molecule has 0 aliphatic carbocycles. The van der Waals surface area contributed by atoms with Gasteiger partial charge in [-0.05, 0) is 122 Å². The van der Waals surface area contributed by atoms with Gasteiger partial charge in [0, 0.05) is 0 Å². The number of hydrogen-bond donors (Lipinski definition) is 0. The summed E-state index contributed by atoms with van der Waals surface area (Å²) in [5.41, 5.74) is 4.56. The first kappa shape index (κ1) is 43.2. The van der Waals surface area contributed by atoms with E-state index >= 15 is 0 Å². The average Bonchev–Trinajstić information content (AvgIpc) is 3.62. The maximum absolute atomic E-state index is 13.9. The molecule has 2 heterocycles. The molecule has 2 aliphatic rings. The van der Waals surface area contributed by atoms with Crippen LogP contribution in [-0.4, -0.2) is 75.4 Å². The summed E-state index contributed by atoms with van der Waals surface area (Å²) in [4.78, 5) is 27.3. The van der Waals surface area contributed by atoms with Crippen LogP contribution in [0.1, 0.15) is 74.1 Å². The summed E-state index contributed by atoms with van der Waals surface area (Å²) >= 11 is 0. The standard InChI is InChI=1S/C50H54O11/c1-6-8-30-54-40-22-18-35(19-23-40)33-10-14-37(15-11-33)47(51)56-32-43-44-45(61-50(3,4)60-44)46(49(58-43)57-42-28-26-39(53-5)27-29-42)59-48(52)38-16-12-34(13-17-38)36-20-24-41(25-21-36)55-31-9-7-2/h10-29,43-46,49H,6-9,30-32H2,1-5H3/t43-,44+,45+,46-,49-/m1/s1. The van der Waals surface area contributed by atoms with Crippen LogP contribution in [0.5, 0.6) is 23.0 Å². The van der Waals surface area contributed by atoms with Gasteiger partial charge >= 0.3 is 11.9 Å². The fourth-order valence-corrected chi connectivity index (χ4v) is 7.17. The molecule has 0 N–H and O–H groups in total. The molecule has 0 spiro atoms. The Balaban J connectivity index is 1.04. The van der Waals surface area contributed by atoms with Crippen molar-refractivity contribution >= 4 is 11.9 Å². The lowest BCUT2D eigenvalue weighted by Crippen LogP contribution is -2.60. The average molecular weight is 831 g/mol. The van der Waals surface area contributed by atoms with Crippen molar-refractivity contribution in [3.8, 4) is 45.3 Å². The van der Waals surface area contributed by atoms with Crippen LogP contribution in [0.15, 0.2) is 121 Å². The Labute approximate surface area is 357 Å². The van der Waals surface area contributed by atoms with Gasteiger partial charge in [-0.3, -0.25) is 0 Å². The number of benzene rings is 5. The number of unbranched alkanes of at least 4 members (excludes halogenated alkanes) is 2. The number of hydrogen-bond acceptors (Lipinski definition) is 11. The zero-order valence-corrected chi connectivity index (χ0v) is 35.4. The molecule has 2 saturated heterocycles. The quantitative estimate of drug-likeness (QED) is 0.0621. The predicted octanol–water partition coefficient (Wildman–Crippen LogP) is 10.1. The minimum Gasteiger partial charge on any atom is -0.497 e. The number of carbonyl (C=O) groups is 2. The predicted molar refractivity (Wildman–Crippen MR) is 230 cm³/mol. The Morgan fingerprint density at radius 1 is 0.574 bits per heavy atom. The summed E-state index contributed by atoms with van der Waals surface area (Å²) < 4.78 is 54.5. The maximum Gasteiger partial charge on any atom is 0.338 e. The van der Waals surface area contributed by atoms with Gasteiger partial charge in [0.25, 0.3) is 0 Å². The fourth-order valence-electron chi connectivity index (χ4n) is 7.17. The zero-order valence-electron chi connectivity index (χ0n) is 35.4. The molecule has 5 aromatic carbocycles. The van der Waals surface area contributed by atoms with Gasteiger partial charge in [-0.15, -0.1) is 0 Å². The SMILES string of the molecule is CCCCOc1ccc(-c2ccc(C(=O)OC[C@H]3O[C@@H](Oc4ccc(OC)cc4)[C@H](OC(=O)c4ccc(-c5ccc(OCCCC)cc5)cc4)[C@H]4OC(C)(C)O[C@H]43)cc2)cc1. The highest BCUT2D eigenvalue weighted by molar-refractivity contribution is 5.91. The first-order valence-electron chi connectivity index (χ1n) is 21.0. The van der Waals surface area contributed by atoms with E-state index in [0.29, 0.717) is 35.8 Å². The first-order valence-corrected chi connectivity index (χ1v) is 21.0.